The molecule has 0 bridgehead atoms. The average molecular weight is 420 g/mol. The van der Waals surface area contributed by atoms with Crippen LogP contribution in [0.3, 0.4) is 0 Å². The first-order chi connectivity index (χ1) is 9.81. The van der Waals surface area contributed by atoms with Crippen LogP contribution in [0.4, 0.5) is 24.5 Å². The van der Waals surface area contributed by atoms with Crippen molar-refractivity contribution >= 4 is 43.2 Å². The SMILES string of the molecule is N#Cc1ccc(Nc2ccc(Br)c(C(F)(F)F)c2)c(Br)c1. The average Bonchev–Trinajstić information content (AvgIpc) is 2.41. The minimum Gasteiger partial charge on any atom is -0.355 e. The Labute approximate surface area is 135 Å². The molecular formula is C14H7Br2F3N2. The summed E-state index contributed by atoms with van der Waals surface area (Å²) < 4.78 is 39.1. The molecule has 0 radical (unpaired) electrons. The molecule has 7 heteroatoms. The monoisotopic (exact) mass is 418 g/mol. The first-order valence-electron chi connectivity index (χ1n) is 5.64. The van der Waals surface area contributed by atoms with Gasteiger partial charge in [0.25, 0.3) is 0 Å². The molecule has 0 atom stereocenters. The van der Waals surface area contributed by atoms with Crippen molar-refractivity contribution < 1.29 is 13.2 Å². The van der Waals surface area contributed by atoms with Crippen LogP contribution in [0.25, 0.3) is 0 Å². The fourth-order valence-electron chi connectivity index (χ4n) is 1.66. The molecule has 2 nitrogen and oxygen atoms in total. The van der Waals surface area contributed by atoms with E-state index in [2.05, 4.69) is 37.2 Å². The van der Waals surface area contributed by atoms with E-state index in [1.807, 2.05) is 6.07 Å². The lowest BCUT2D eigenvalue weighted by molar-refractivity contribution is -0.138. The van der Waals surface area contributed by atoms with Crippen LogP contribution in [-0.4, -0.2) is 0 Å². The van der Waals surface area contributed by atoms with Gasteiger partial charge in [-0.15, -0.1) is 0 Å². The summed E-state index contributed by atoms with van der Waals surface area (Å²) in [7, 11) is 0. The molecule has 0 aromatic heterocycles. The third kappa shape index (κ3) is 3.77. The van der Waals surface area contributed by atoms with Gasteiger partial charge in [-0.25, -0.2) is 0 Å². The lowest BCUT2D eigenvalue weighted by atomic mass is 10.1. The van der Waals surface area contributed by atoms with E-state index < -0.39 is 11.7 Å². The van der Waals surface area contributed by atoms with Crippen molar-refractivity contribution in [3.63, 3.8) is 0 Å². The number of anilines is 2. The molecule has 0 heterocycles. The second-order valence-corrected chi connectivity index (χ2v) is 5.83. The van der Waals surface area contributed by atoms with Crippen LogP contribution in [-0.2, 0) is 6.18 Å². The molecule has 0 spiro atoms. The maximum absolute atomic E-state index is 12.8. The lowest BCUT2D eigenvalue weighted by Crippen LogP contribution is -2.06. The van der Waals surface area contributed by atoms with Crippen molar-refractivity contribution in [3.8, 4) is 6.07 Å². The minimum atomic E-state index is -4.43. The molecule has 1 N–H and O–H groups in total. The van der Waals surface area contributed by atoms with E-state index in [1.165, 1.54) is 12.1 Å². The molecular weight excluding hydrogens is 413 g/mol. The van der Waals surface area contributed by atoms with E-state index in [4.69, 9.17) is 5.26 Å². The number of benzene rings is 2. The summed E-state index contributed by atoms with van der Waals surface area (Å²) in [4.78, 5) is 0. The maximum Gasteiger partial charge on any atom is 0.417 e. The molecule has 0 aliphatic carbocycles. The van der Waals surface area contributed by atoms with Crippen molar-refractivity contribution in [2.75, 3.05) is 5.32 Å². The molecule has 0 fully saturated rings. The van der Waals surface area contributed by atoms with E-state index in [9.17, 15) is 13.2 Å². The number of halogens is 5. The van der Waals surface area contributed by atoms with Gasteiger partial charge in [0, 0.05) is 14.6 Å². The Morgan fingerprint density at radius 2 is 1.71 bits per heavy atom. The third-order valence-electron chi connectivity index (χ3n) is 2.65. The second kappa shape index (κ2) is 6.08. The van der Waals surface area contributed by atoms with Gasteiger partial charge in [0.05, 0.1) is 22.9 Å². The lowest BCUT2D eigenvalue weighted by Gasteiger charge is -2.13. The maximum atomic E-state index is 12.8. The zero-order chi connectivity index (χ0) is 15.6. The summed E-state index contributed by atoms with van der Waals surface area (Å²) in [5, 5.41) is 11.7. The van der Waals surface area contributed by atoms with Gasteiger partial charge >= 0.3 is 6.18 Å². The van der Waals surface area contributed by atoms with Crippen molar-refractivity contribution in [2.45, 2.75) is 6.18 Å². The first-order valence-corrected chi connectivity index (χ1v) is 7.23. The van der Waals surface area contributed by atoms with Gasteiger partial charge in [-0.3, -0.25) is 0 Å². The van der Waals surface area contributed by atoms with Gasteiger partial charge in [0.2, 0.25) is 0 Å². The van der Waals surface area contributed by atoms with E-state index in [0.717, 1.165) is 6.07 Å². The van der Waals surface area contributed by atoms with E-state index in [0.29, 0.717) is 21.4 Å². The summed E-state index contributed by atoms with van der Waals surface area (Å²) in [6.45, 7) is 0. The van der Waals surface area contributed by atoms with Crippen LogP contribution in [0.1, 0.15) is 11.1 Å². The summed E-state index contributed by atoms with van der Waals surface area (Å²) >= 11 is 6.16. The summed E-state index contributed by atoms with van der Waals surface area (Å²) in [5.41, 5.74) is 0.580. The Bertz CT molecular complexity index is 721. The number of hydrogen-bond donors (Lipinski definition) is 1. The molecule has 0 aliphatic heterocycles. The van der Waals surface area contributed by atoms with E-state index in [-0.39, 0.29) is 4.47 Å². The molecule has 0 amide bonds. The highest BCUT2D eigenvalue weighted by atomic mass is 79.9. The third-order valence-corrected chi connectivity index (χ3v) is 4.00. The number of hydrogen-bond acceptors (Lipinski definition) is 2. The molecule has 0 saturated heterocycles. The molecule has 0 unspecified atom stereocenters. The standard InChI is InChI=1S/C14H7Br2F3N2/c15-11-3-2-9(6-10(11)14(17,18)19)21-13-4-1-8(7-20)5-12(13)16/h1-6,21H. The van der Waals surface area contributed by atoms with Crippen molar-refractivity contribution in [1.29, 1.82) is 5.26 Å². The van der Waals surface area contributed by atoms with Crippen molar-refractivity contribution in [1.82, 2.24) is 0 Å². The van der Waals surface area contributed by atoms with Gasteiger partial charge in [-0.05, 0) is 52.3 Å². The Balaban J connectivity index is 2.35. The predicted octanol–water partition coefficient (Wildman–Crippen LogP) is 5.85. The van der Waals surface area contributed by atoms with Gasteiger partial charge in [-0.1, -0.05) is 15.9 Å². The zero-order valence-electron chi connectivity index (χ0n) is 10.3. The Morgan fingerprint density at radius 1 is 1.00 bits per heavy atom. The number of alkyl halides is 3. The van der Waals surface area contributed by atoms with Crippen LogP contribution in [0, 0.1) is 11.3 Å². The molecule has 0 aliphatic rings. The number of nitrogens with zero attached hydrogens (tertiary/aromatic N) is 1. The minimum absolute atomic E-state index is 0.0144. The number of nitrogens with one attached hydrogen (secondary N) is 1. The highest BCUT2D eigenvalue weighted by Crippen LogP contribution is 2.37. The predicted molar refractivity (Wildman–Crippen MR) is 81.3 cm³/mol. The molecule has 108 valence electrons. The first kappa shape index (κ1) is 15.9. The van der Waals surface area contributed by atoms with Gasteiger partial charge in [0.1, 0.15) is 0 Å². The summed E-state index contributed by atoms with van der Waals surface area (Å²) in [6, 6.07) is 10.7. The second-order valence-electron chi connectivity index (χ2n) is 4.12. The fraction of sp³-hybridized carbons (Fsp3) is 0.0714. The van der Waals surface area contributed by atoms with Gasteiger partial charge in [0.15, 0.2) is 0 Å². The zero-order valence-corrected chi connectivity index (χ0v) is 13.5. The molecule has 2 rings (SSSR count). The number of rotatable bonds is 2. The number of nitriles is 1. The van der Waals surface area contributed by atoms with Crippen LogP contribution in [0.5, 0.6) is 0 Å². The van der Waals surface area contributed by atoms with Crippen LogP contribution >= 0.6 is 31.9 Å². The molecule has 21 heavy (non-hydrogen) atoms. The van der Waals surface area contributed by atoms with E-state index >= 15 is 0 Å². The fourth-order valence-corrected chi connectivity index (χ4v) is 2.61. The normalized spacial score (nSPS) is 11.0. The quantitative estimate of drug-likeness (QED) is 0.663. The Hall–Kier alpha value is -1.52. The van der Waals surface area contributed by atoms with E-state index in [1.54, 1.807) is 18.2 Å². The summed E-state index contributed by atoms with van der Waals surface area (Å²) in [6.07, 6.45) is -4.43. The molecule has 2 aromatic rings. The topological polar surface area (TPSA) is 35.8 Å². The van der Waals surface area contributed by atoms with Crippen molar-refractivity contribution in [2.24, 2.45) is 0 Å². The highest BCUT2D eigenvalue weighted by Gasteiger charge is 2.33. The van der Waals surface area contributed by atoms with Gasteiger partial charge < -0.3 is 5.32 Å². The Morgan fingerprint density at radius 3 is 2.29 bits per heavy atom. The smallest absolute Gasteiger partial charge is 0.355 e. The van der Waals surface area contributed by atoms with Crippen LogP contribution in [0.15, 0.2) is 45.3 Å². The molecule has 2 aromatic carbocycles. The van der Waals surface area contributed by atoms with Crippen molar-refractivity contribution in [3.05, 3.63) is 56.5 Å². The van der Waals surface area contributed by atoms with Crippen LogP contribution in [0.2, 0.25) is 0 Å². The largest absolute Gasteiger partial charge is 0.417 e. The Kier molecular flexibility index (Phi) is 4.59. The van der Waals surface area contributed by atoms with Crippen LogP contribution < -0.4 is 5.32 Å². The highest BCUT2D eigenvalue weighted by molar-refractivity contribution is 9.10. The summed E-state index contributed by atoms with van der Waals surface area (Å²) in [5.74, 6) is 0. The van der Waals surface area contributed by atoms with Gasteiger partial charge in [-0.2, -0.15) is 18.4 Å². The molecule has 0 saturated carbocycles.